The predicted octanol–water partition coefficient (Wildman–Crippen LogP) is 4.21. The fraction of sp³-hybridized carbons (Fsp3) is 0.526. The molecular formula is C19H23F3N4OS. The molecule has 1 unspecified atom stereocenters. The van der Waals surface area contributed by atoms with Gasteiger partial charge in [0.2, 0.25) is 5.91 Å². The van der Waals surface area contributed by atoms with Crippen molar-refractivity contribution in [2.45, 2.75) is 45.3 Å². The van der Waals surface area contributed by atoms with E-state index in [1.54, 1.807) is 16.2 Å². The van der Waals surface area contributed by atoms with Crippen LogP contribution in [0.15, 0.2) is 23.7 Å². The lowest BCUT2D eigenvalue weighted by molar-refractivity contribution is -0.137. The molecule has 0 aliphatic carbocycles. The Kier molecular flexibility index (Phi) is 6.22. The molecule has 1 fully saturated rings. The summed E-state index contributed by atoms with van der Waals surface area (Å²) in [5.74, 6) is -0.301. The minimum Gasteiger partial charge on any atom is -0.355 e. The molecule has 1 amide bonds. The Balaban J connectivity index is 1.64. The van der Waals surface area contributed by atoms with Crippen LogP contribution >= 0.6 is 11.3 Å². The van der Waals surface area contributed by atoms with Crippen LogP contribution in [0.25, 0.3) is 0 Å². The highest BCUT2D eigenvalue weighted by Gasteiger charge is 2.37. The Morgan fingerprint density at radius 3 is 2.89 bits per heavy atom. The molecule has 152 valence electrons. The van der Waals surface area contributed by atoms with Gasteiger partial charge in [0.15, 0.2) is 0 Å². The lowest BCUT2D eigenvalue weighted by atomic mass is 9.96. The summed E-state index contributed by atoms with van der Waals surface area (Å²) in [6.45, 7) is 5.12. The molecule has 0 bridgehead atoms. The number of nitrogens with one attached hydrogen (secondary N) is 1. The highest BCUT2D eigenvalue weighted by atomic mass is 32.1. The van der Waals surface area contributed by atoms with Crippen molar-refractivity contribution in [1.82, 2.24) is 15.3 Å². The predicted molar refractivity (Wildman–Crippen MR) is 102 cm³/mol. The first-order valence-electron chi connectivity index (χ1n) is 9.25. The zero-order valence-electron chi connectivity index (χ0n) is 15.8. The number of nitrogens with zero attached hydrogens (tertiary/aromatic N) is 3. The normalized spacial score (nSPS) is 17.8. The minimum absolute atomic E-state index is 0.103. The SMILES string of the molecule is CC(C)c1nc(CNC(=O)C2CCCN(c3ncccc3C(F)(F)F)C2)cs1. The number of pyridine rings is 1. The number of amides is 1. The minimum atomic E-state index is -4.47. The first-order valence-corrected chi connectivity index (χ1v) is 10.1. The first kappa shape index (κ1) is 20.6. The van der Waals surface area contributed by atoms with Crippen LogP contribution in [-0.2, 0) is 17.5 Å². The highest BCUT2D eigenvalue weighted by molar-refractivity contribution is 7.09. The van der Waals surface area contributed by atoms with Gasteiger partial charge in [0.1, 0.15) is 5.82 Å². The van der Waals surface area contributed by atoms with Gasteiger partial charge in [0.05, 0.1) is 28.7 Å². The largest absolute Gasteiger partial charge is 0.419 e. The Morgan fingerprint density at radius 1 is 1.43 bits per heavy atom. The van der Waals surface area contributed by atoms with Gasteiger partial charge in [-0.15, -0.1) is 11.3 Å². The molecule has 5 nitrogen and oxygen atoms in total. The number of carbonyl (C=O) groups is 1. The second-order valence-electron chi connectivity index (χ2n) is 7.21. The lowest BCUT2D eigenvalue weighted by Gasteiger charge is -2.34. The summed E-state index contributed by atoms with van der Waals surface area (Å²) in [5.41, 5.74) is 0.0403. The highest BCUT2D eigenvalue weighted by Crippen LogP contribution is 2.36. The van der Waals surface area contributed by atoms with Crippen molar-refractivity contribution in [3.8, 4) is 0 Å². The third-order valence-electron chi connectivity index (χ3n) is 4.69. The van der Waals surface area contributed by atoms with Crippen molar-refractivity contribution in [1.29, 1.82) is 0 Å². The zero-order chi connectivity index (χ0) is 20.3. The van der Waals surface area contributed by atoms with Gasteiger partial charge in [-0.2, -0.15) is 13.2 Å². The van der Waals surface area contributed by atoms with Gasteiger partial charge < -0.3 is 10.2 Å². The van der Waals surface area contributed by atoms with Crippen molar-refractivity contribution in [2.75, 3.05) is 18.0 Å². The van der Waals surface area contributed by atoms with Crippen LogP contribution in [0.1, 0.15) is 48.9 Å². The van der Waals surface area contributed by atoms with Crippen LogP contribution in [0, 0.1) is 5.92 Å². The van der Waals surface area contributed by atoms with E-state index >= 15 is 0 Å². The number of thiazole rings is 1. The Labute approximate surface area is 166 Å². The molecule has 9 heteroatoms. The van der Waals surface area contributed by atoms with Crippen LogP contribution in [-0.4, -0.2) is 29.0 Å². The van der Waals surface area contributed by atoms with E-state index in [0.717, 1.165) is 16.8 Å². The quantitative estimate of drug-likeness (QED) is 0.799. The van der Waals surface area contributed by atoms with Gasteiger partial charge >= 0.3 is 6.18 Å². The second-order valence-corrected chi connectivity index (χ2v) is 8.10. The zero-order valence-corrected chi connectivity index (χ0v) is 16.6. The summed E-state index contributed by atoms with van der Waals surface area (Å²) < 4.78 is 39.8. The molecule has 28 heavy (non-hydrogen) atoms. The maximum Gasteiger partial charge on any atom is 0.419 e. The summed E-state index contributed by atoms with van der Waals surface area (Å²) >= 11 is 1.56. The smallest absolute Gasteiger partial charge is 0.355 e. The summed E-state index contributed by atoms with van der Waals surface area (Å²) in [6.07, 6.45) is -1.84. The average Bonchev–Trinajstić information content (AvgIpc) is 3.15. The molecule has 1 N–H and O–H groups in total. The van der Waals surface area contributed by atoms with Gasteiger partial charge in [0, 0.05) is 30.6 Å². The van der Waals surface area contributed by atoms with E-state index in [1.165, 1.54) is 12.3 Å². The third kappa shape index (κ3) is 4.81. The molecule has 1 saturated heterocycles. The fourth-order valence-electron chi connectivity index (χ4n) is 3.24. The van der Waals surface area contributed by atoms with Crippen molar-refractivity contribution in [3.63, 3.8) is 0 Å². The summed E-state index contributed by atoms with van der Waals surface area (Å²) in [7, 11) is 0. The van der Waals surface area contributed by atoms with E-state index in [-0.39, 0.29) is 24.2 Å². The van der Waals surface area contributed by atoms with Gasteiger partial charge in [-0.3, -0.25) is 4.79 Å². The lowest BCUT2D eigenvalue weighted by Crippen LogP contribution is -2.43. The van der Waals surface area contributed by atoms with Gasteiger partial charge in [-0.25, -0.2) is 9.97 Å². The summed E-state index contributed by atoms with van der Waals surface area (Å²) in [4.78, 5) is 22.6. The van der Waals surface area contributed by atoms with Crippen molar-refractivity contribution < 1.29 is 18.0 Å². The Morgan fingerprint density at radius 2 is 2.21 bits per heavy atom. The molecule has 0 spiro atoms. The monoisotopic (exact) mass is 412 g/mol. The molecule has 0 saturated carbocycles. The fourth-order valence-corrected chi connectivity index (χ4v) is 4.08. The second kappa shape index (κ2) is 8.46. The first-order chi connectivity index (χ1) is 13.3. The third-order valence-corrected chi connectivity index (χ3v) is 5.89. The Hall–Kier alpha value is -2.16. The Bertz CT molecular complexity index is 822. The maximum absolute atomic E-state index is 13.3. The average molecular weight is 412 g/mol. The summed E-state index contributed by atoms with van der Waals surface area (Å²) in [6, 6.07) is 2.31. The number of hydrogen-bond acceptors (Lipinski definition) is 5. The number of alkyl halides is 3. The van der Waals surface area contributed by atoms with E-state index in [9.17, 15) is 18.0 Å². The van der Waals surface area contributed by atoms with E-state index in [1.807, 2.05) is 5.38 Å². The number of rotatable bonds is 5. The van der Waals surface area contributed by atoms with Gasteiger partial charge in [-0.05, 0) is 25.0 Å². The number of hydrogen-bond donors (Lipinski definition) is 1. The molecule has 0 radical (unpaired) electrons. The van der Waals surface area contributed by atoms with Crippen molar-refractivity contribution in [3.05, 3.63) is 40.0 Å². The topological polar surface area (TPSA) is 58.1 Å². The van der Waals surface area contributed by atoms with Crippen molar-refractivity contribution in [2.24, 2.45) is 5.92 Å². The molecular weight excluding hydrogens is 389 g/mol. The number of anilines is 1. The standard InChI is InChI=1S/C19H23F3N4OS/c1-12(2)18-25-14(11-28-18)9-24-17(27)13-5-4-8-26(10-13)16-15(19(20,21)22)6-3-7-23-16/h3,6-7,11-13H,4-5,8-10H2,1-2H3,(H,24,27). The van der Waals surface area contributed by atoms with E-state index in [4.69, 9.17) is 0 Å². The number of halogens is 3. The molecule has 1 aliphatic rings. The molecule has 2 aromatic heterocycles. The van der Waals surface area contributed by atoms with Crippen LogP contribution in [0.3, 0.4) is 0 Å². The van der Waals surface area contributed by atoms with Crippen LogP contribution in [0.5, 0.6) is 0 Å². The van der Waals surface area contributed by atoms with Crippen molar-refractivity contribution >= 4 is 23.1 Å². The van der Waals surface area contributed by atoms with Crippen LogP contribution in [0.2, 0.25) is 0 Å². The summed E-state index contributed by atoms with van der Waals surface area (Å²) in [5, 5.41) is 5.81. The number of piperidine rings is 1. The molecule has 2 aromatic rings. The van der Waals surface area contributed by atoms with Gasteiger partial charge in [-0.1, -0.05) is 13.8 Å². The molecule has 1 atom stereocenters. The van der Waals surface area contributed by atoms with Crippen LogP contribution in [0.4, 0.5) is 19.0 Å². The number of carbonyl (C=O) groups excluding carboxylic acids is 1. The molecule has 3 heterocycles. The molecule has 0 aromatic carbocycles. The molecule has 3 rings (SSSR count). The number of aromatic nitrogens is 2. The van der Waals surface area contributed by atoms with E-state index in [2.05, 4.69) is 29.1 Å². The van der Waals surface area contributed by atoms with E-state index < -0.39 is 11.7 Å². The van der Waals surface area contributed by atoms with E-state index in [0.29, 0.717) is 31.8 Å². The maximum atomic E-state index is 13.3. The van der Waals surface area contributed by atoms with Gasteiger partial charge in [0.25, 0.3) is 0 Å². The molecule has 1 aliphatic heterocycles. The van der Waals surface area contributed by atoms with Crippen LogP contribution < -0.4 is 10.2 Å².